The molecule has 1 atom stereocenters. The summed E-state index contributed by atoms with van der Waals surface area (Å²) in [5.74, 6) is -0.826. The zero-order valence-corrected chi connectivity index (χ0v) is 16.5. The highest BCUT2D eigenvalue weighted by molar-refractivity contribution is 5.94. The van der Waals surface area contributed by atoms with Crippen LogP contribution in [0.4, 0.5) is 0 Å². The molecular weight excluding hydrogens is 354 g/mol. The number of rotatable bonds is 5. The summed E-state index contributed by atoms with van der Waals surface area (Å²) in [6, 6.07) is 14.6. The third-order valence-corrected chi connectivity index (χ3v) is 4.89. The van der Waals surface area contributed by atoms with Crippen LogP contribution in [-0.2, 0) is 9.53 Å². The highest BCUT2D eigenvalue weighted by Crippen LogP contribution is 2.19. The third kappa shape index (κ3) is 4.17. The Labute approximate surface area is 164 Å². The van der Waals surface area contributed by atoms with Crippen LogP contribution in [0.3, 0.4) is 0 Å². The van der Waals surface area contributed by atoms with Gasteiger partial charge in [-0.15, -0.1) is 0 Å². The number of ether oxygens (including phenoxy) is 1. The quantitative estimate of drug-likeness (QED) is 0.635. The maximum atomic E-state index is 12.4. The molecule has 0 fully saturated rings. The smallest absolute Gasteiger partial charge is 0.338 e. The molecule has 0 radical (unpaired) electrons. The van der Waals surface area contributed by atoms with Gasteiger partial charge in [0.05, 0.1) is 34.0 Å². The van der Waals surface area contributed by atoms with E-state index in [1.165, 1.54) is 0 Å². The molecule has 144 valence electrons. The van der Waals surface area contributed by atoms with Gasteiger partial charge in [-0.2, -0.15) is 0 Å². The number of likely N-dealkylation sites (N-methyl/N-ethyl adjacent to an activating group) is 1. The molecule has 0 aliphatic carbocycles. The largest absolute Gasteiger partial charge is 0.452 e. The number of carbonyl (C=O) groups is 2. The van der Waals surface area contributed by atoms with E-state index < -0.39 is 5.97 Å². The van der Waals surface area contributed by atoms with Gasteiger partial charge in [-0.05, 0) is 44.5 Å². The highest BCUT2D eigenvalue weighted by atomic mass is 16.5. The highest BCUT2D eigenvalue weighted by Gasteiger charge is 2.19. The van der Waals surface area contributed by atoms with E-state index in [1.807, 2.05) is 51.1 Å². The van der Waals surface area contributed by atoms with Crippen molar-refractivity contribution < 1.29 is 14.3 Å². The third-order valence-electron chi connectivity index (χ3n) is 4.89. The Balaban J connectivity index is 1.65. The van der Waals surface area contributed by atoms with Crippen LogP contribution in [0.2, 0.25) is 0 Å². The zero-order valence-electron chi connectivity index (χ0n) is 16.5. The maximum Gasteiger partial charge on any atom is 0.338 e. The molecule has 6 nitrogen and oxygen atoms in total. The maximum absolute atomic E-state index is 12.4. The van der Waals surface area contributed by atoms with Crippen LogP contribution < -0.4 is 0 Å². The Morgan fingerprint density at radius 1 is 1.00 bits per heavy atom. The van der Waals surface area contributed by atoms with Crippen LogP contribution >= 0.6 is 0 Å². The fourth-order valence-corrected chi connectivity index (χ4v) is 2.84. The second-order valence-electron chi connectivity index (χ2n) is 6.77. The van der Waals surface area contributed by atoms with Gasteiger partial charge in [-0.3, -0.25) is 4.79 Å². The standard InChI is InChI=1S/C22H23N3O3/c1-14-15(2)24-20-12-18(10-11-19(20)23-14)22(27)28-13-21(26)25(4)16(3)17-8-6-5-7-9-17/h5-12,16H,13H2,1-4H3. The van der Waals surface area contributed by atoms with Gasteiger partial charge in [0.15, 0.2) is 6.61 Å². The van der Waals surface area contributed by atoms with Crippen LogP contribution in [0, 0.1) is 13.8 Å². The monoisotopic (exact) mass is 377 g/mol. The van der Waals surface area contributed by atoms with Gasteiger partial charge in [0.1, 0.15) is 0 Å². The number of benzene rings is 2. The van der Waals surface area contributed by atoms with Gasteiger partial charge in [-0.1, -0.05) is 30.3 Å². The van der Waals surface area contributed by atoms with Crippen molar-refractivity contribution >= 4 is 22.9 Å². The van der Waals surface area contributed by atoms with Crippen LogP contribution in [0.5, 0.6) is 0 Å². The first-order valence-corrected chi connectivity index (χ1v) is 9.09. The summed E-state index contributed by atoms with van der Waals surface area (Å²) in [7, 11) is 1.70. The van der Waals surface area contributed by atoms with Gasteiger partial charge >= 0.3 is 5.97 Å². The number of carbonyl (C=O) groups excluding carboxylic acids is 2. The van der Waals surface area contributed by atoms with Gasteiger partial charge in [0, 0.05) is 7.05 Å². The number of amides is 1. The lowest BCUT2D eigenvalue weighted by Crippen LogP contribution is -2.33. The summed E-state index contributed by atoms with van der Waals surface area (Å²) in [4.78, 5) is 35.2. The molecule has 0 saturated heterocycles. The summed E-state index contributed by atoms with van der Waals surface area (Å²) in [6.45, 7) is 5.38. The van der Waals surface area contributed by atoms with Crippen molar-refractivity contribution in [2.24, 2.45) is 0 Å². The lowest BCUT2D eigenvalue weighted by molar-refractivity contribution is -0.135. The number of esters is 1. The summed E-state index contributed by atoms with van der Waals surface area (Å²) < 4.78 is 5.22. The van der Waals surface area contributed by atoms with E-state index in [2.05, 4.69) is 9.97 Å². The van der Waals surface area contributed by atoms with E-state index in [9.17, 15) is 9.59 Å². The predicted octanol–water partition coefficient (Wildman–Crippen LogP) is 3.62. The van der Waals surface area contributed by atoms with Crippen molar-refractivity contribution in [2.75, 3.05) is 13.7 Å². The molecule has 2 aromatic carbocycles. The molecule has 3 aromatic rings. The van der Waals surface area contributed by atoms with Crippen molar-refractivity contribution in [3.8, 4) is 0 Å². The fourth-order valence-electron chi connectivity index (χ4n) is 2.84. The first-order chi connectivity index (χ1) is 13.4. The zero-order chi connectivity index (χ0) is 20.3. The van der Waals surface area contributed by atoms with Gasteiger partial charge < -0.3 is 9.64 Å². The van der Waals surface area contributed by atoms with E-state index in [4.69, 9.17) is 4.74 Å². The Bertz CT molecular complexity index is 1020. The predicted molar refractivity (Wildman–Crippen MR) is 107 cm³/mol. The molecule has 0 aliphatic rings. The average Bonchev–Trinajstić information content (AvgIpc) is 2.71. The molecule has 28 heavy (non-hydrogen) atoms. The number of nitrogens with zero attached hydrogens (tertiary/aromatic N) is 3. The van der Waals surface area contributed by atoms with E-state index >= 15 is 0 Å². The normalized spacial score (nSPS) is 11.9. The number of hydrogen-bond acceptors (Lipinski definition) is 5. The summed E-state index contributed by atoms with van der Waals surface area (Å²) in [5.41, 5.74) is 4.36. The van der Waals surface area contributed by atoms with E-state index in [-0.39, 0.29) is 18.6 Å². The van der Waals surface area contributed by atoms with Crippen molar-refractivity contribution in [1.82, 2.24) is 14.9 Å². The molecular formula is C22H23N3O3. The molecule has 1 heterocycles. The van der Waals surface area contributed by atoms with Crippen LogP contribution in [-0.4, -0.2) is 40.4 Å². The molecule has 0 bridgehead atoms. The van der Waals surface area contributed by atoms with E-state index in [1.54, 1.807) is 30.1 Å². The first-order valence-electron chi connectivity index (χ1n) is 9.09. The molecule has 3 rings (SSSR count). The lowest BCUT2D eigenvalue weighted by atomic mass is 10.1. The Morgan fingerprint density at radius 2 is 1.64 bits per heavy atom. The van der Waals surface area contributed by atoms with Crippen LogP contribution in [0.1, 0.15) is 40.3 Å². The summed E-state index contributed by atoms with van der Waals surface area (Å²) >= 11 is 0. The first kappa shape index (κ1) is 19.5. The van der Waals surface area contributed by atoms with Gasteiger partial charge in [0.25, 0.3) is 5.91 Å². The Kier molecular flexibility index (Phi) is 5.68. The van der Waals surface area contributed by atoms with E-state index in [0.717, 1.165) is 17.0 Å². The number of fused-ring (bicyclic) bond motifs is 1. The molecule has 1 unspecified atom stereocenters. The lowest BCUT2D eigenvalue weighted by Gasteiger charge is -2.25. The van der Waals surface area contributed by atoms with E-state index in [0.29, 0.717) is 16.6 Å². The minimum Gasteiger partial charge on any atom is -0.452 e. The number of hydrogen-bond donors (Lipinski definition) is 0. The fraction of sp³-hybridized carbons (Fsp3) is 0.273. The molecule has 1 amide bonds. The second-order valence-corrected chi connectivity index (χ2v) is 6.77. The van der Waals surface area contributed by atoms with Crippen LogP contribution in [0.25, 0.3) is 11.0 Å². The topological polar surface area (TPSA) is 72.4 Å². The van der Waals surface area contributed by atoms with Crippen LogP contribution in [0.15, 0.2) is 48.5 Å². The van der Waals surface area contributed by atoms with Crippen molar-refractivity contribution in [3.63, 3.8) is 0 Å². The number of aromatic nitrogens is 2. The molecule has 1 aromatic heterocycles. The Hall–Kier alpha value is -3.28. The molecule has 0 aliphatic heterocycles. The van der Waals surface area contributed by atoms with Gasteiger partial charge in [0.2, 0.25) is 0 Å². The molecule has 6 heteroatoms. The SMILES string of the molecule is Cc1nc2ccc(C(=O)OCC(=O)N(C)C(C)c3ccccc3)cc2nc1C. The second kappa shape index (κ2) is 8.17. The molecule has 0 N–H and O–H groups in total. The Morgan fingerprint density at radius 3 is 2.32 bits per heavy atom. The van der Waals surface area contributed by atoms with Crippen molar-refractivity contribution in [2.45, 2.75) is 26.8 Å². The molecule has 0 spiro atoms. The van der Waals surface area contributed by atoms with Crippen molar-refractivity contribution in [1.29, 1.82) is 0 Å². The van der Waals surface area contributed by atoms with Crippen molar-refractivity contribution in [3.05, 3.63) is 71.0 Å². The average molecular weight is 377 g/mol. The summed E-state index contributed by atoms with van der Waals surface area (Å²) in [6.07, 6.45) is 0. The minimum absolute atomic E-state index is 0.116. The molecule has 0 saturated carbocycles. The summed E-state index contributed by atoms with van der Waals surface area (Å²) in [5, 5.41) is 0. The number of aryl methyl sites for hydroxylation is 2. The van der Waals surface area contributed by atoms with Gasteiger partial charge in [-0.25, -0.2) is 14.8 Å². The minimum atomic E-state index is -0.559.